The van der Waals surface area contributed by atoms with Crippen molar-refractivity contribution in [2.24, 2.45) is 0 Å². The number of aliphatic hydroxyl groups is 1. The van der Waals surface area contributed by atoms with Crippen molar-refractivity contribution in [2.45, 2.75) is 38.8 Å². The Labute approximate surface area is 184 Å². The molecule has 8 heteroatoms. The van der Waals surface area contributed by atoms with Gasteiger partial charge in [0, 0.05) is 11.1 Å². The number of fused-ring (bicyclic) bond motifs is 1. The predicted molar refractivity (Wildman–Crippen MR) is 118 cm³/mol. The van der Waals surface area contributed by atoms with E-state index in [-0.39, 0.29) is 18.1 Å². The molecule has 7 nitrogen and oxygen atoms in total. The van der Waals surface area contributed by atoms with Gasteiger partial charge in [0.05, 0.1) is 17.7 Å². The molecule has 3 aromatic rings. The van der Waals surface area contributed by atoms with Gasteiger partial charge in [-0.25, -0.2) is 0 Å². The topological polar surface area (TPSA) is 108 Å². The van der Waals surface area contributed by atoms with E-state index in [4.69, 9.17) is 9.84 Å². The van der Waals surface area contributed by atoms with Crippen molar-refractivity contribution in [3.63, 3.8) is 0 Å². The van der Waals surface area contributed by atoms with Crippen molar-refractivity contribution in [2.75, 3.05) is 6.61 Å². The third-order valence-corrected chi connectivity index (χ3v) is 6.12. The summed E-state index contributed by atoms with van der Waals surface area (Å²) in [5.41, 5.74) is 4.48. The first-order valence-electron chi connectivity index (χ1n) is 10.1. The highest BCUT2D eigenvalue weighted by molar-refractivity contribution is 7.17. The molecule has 1 atom stereocenters. The van der Waals surface area contributed by atoms with Gasteiger partial charge in [0.2, 0.25) is 5.91 Å². The fourth-order valence-electron chi connectivity index (χ4n) is 3.80. The number of carbonyl (C=O) groups excluding carboxylic acids is 1. The van der Waals surface area contributed by atoms with Gasteiger partial charge in [-0.15, -0.1) is 10.2 Å². The van der Waals surface area contributed by atoms with Crippen LogP contribution in [0.2, 0.25) is 0 Å². The second-order valence-corrected chi connectivity index (χ2v) is 8.57. The van der Waals surface area contributed by atoms with Crippen LogP contribution in [-0.2, 0) is 11.2 Å². The summed E-state index contributed by atoms with van der Waals surface area (Å²) in [6, 6.07) is 13.5. The fraction of sp³-hybridized carbons (Fsp3) is 0.304. The molecule has 1 amide bonds. The van der Waals surface area contributed by atoms with E-state index in [0.29, 0.717) is 11.3 Å². The Balaban J connectivity index is 1.64. The van der Waals surface area contributed by atoms with E-state index in [9.17, 15) is 10.1 Å². The van der Waals surface area contributed by atoms with Crippen molar-refractivity contribution in [3.05, 3.63) is 53.1 Å². The van der Waals surface area contributed by atoms with Gasteiger partial charge in [-0.05, 0) is 56.0 Å². The molecule has 158 valence electrons. The summed E-state index contributed by atoms with van der Waals surface area (Å²) in [7, 11) is 0. The molecule has 0 spiro atoms. The van der Waals surface area contributed by atoms with E-state index in [0.717, 1.165) is 45.1 Å². The van der Waals surface area contributed by atoms with Crippen molar-refractivity contribution in [1.29, 1.82) is 5.26 Å². The number of amides is 1. The van der Waals surface area contributed by atoms with Crippen LogP contribution in [0.3, 0.4) is 0 Å². The number of carbonyl (C=O) groups is 1. The number of hydrogen-bond donors (Lipinski definition) is 2. The maximum atomic E-state index is 11.6. The third-order valence-electron chi connectivity index (χ3n) is 5.11. The number of aliphatic hydroxyl groups excluding tert-OH is 1. The van der Waals surface area contributed by atoms with Gasteiger partial charge in [-0.1, -0.05) is 29.5 Å². The minimum atomic E-state index is -0.517. The van der Waals surface area contributed by atoms with Crippen LogP contribution in [0.25, 0.3) is 21.1 Å². The molecule has 0 aliphatic heterocycles. The number of rotatable bonds is 6. The second-order valence-electron chi connectivity index (χ2n) is 7.59. The lowest BCUT2D eigenvalue weighted by Gasteiger charge is -2.13. The van der Waals surface area contributed by atoms with Gasteiger partial charge in [-0.3, -0.25) is 4.79 Å². The lowest BCUT2D eigenvalue weighted by Crippen LogP contribution is -2.29. The molecular formula is C23H22N4O3S. The molecule has 2 N–H and O–H groups in total. The van der Waals surface area contributed by atoms with Crippen molar-refractivity contribution in [3.8, 4) is 33.0 Å². The molecule has 0 saturated carbocycles. The minimum Gasteiger partial charge on any atom is -0.490 e. The molecule has 0 fully saturated rings. The zero-order chi connectivity index (χ0) is 22.0. The van der Waals surface area contributed by atoms with Crippen molar-refractivity contribution in [1.82, 2.24) is 15.5 Å². The SMILES string of the molecule is CC(C)Oc1ccc(-c2nnc(-c3cccc4c3CC[C@H]4NC(=O)CO)s2)cc1C#N. The van der Waals surface area contributed by atoms with Crippen LogP contribution >= 0.6 is 11.3 Å². The molecule has 0 radical (unpaired) electrons. The summed E-state index contributed by atoms with van der Waals surface area (Å²) in [4.78, 5) is 11.6. The van der Waals surface area contributed by atoms with E-state index in [1.165, 1.54) is 11.3 Å². The summed E-state index contributed by atoms with van der Waals surface area (Å²) in [6.45, 7) is 3.32. The number of ether oxygens (including phenoxy) is 1. The Morgan fingerprint density at radius 1 is 1.32 bits per heavy atom. The zero-order valence-corrected chi connectivity index (χ0v) is 18.1. The smallest absolute Gasteiger partial charge is 0.246 e. The first kappa shape index (κ1) is 21.0. The number of nitrogens with zero attached hydrogens (tertiary/aromatic N) is 3. The Morgan fingerprint density at radius 3 is 2.87 bits per heavy atom. The van der Waals surface area contributed by atoms with Crippen LogP contribution < -0.4 is 10.1 Å². The molecule has 2 aromatic carbocycles. The van der Waals surface area contributed by atoms with Crippen LogP contribution in [0.1, 0.15) is 43.0 Å². The Hall–Kier alpha value is -3.28. The average Bonchev–Trinajstić information content (AvgIpc) is 3.41. The number of benzene rings is 2. The van der Waals surface area contributed by atoms with E-state index >= 15 is 0 Å². The van der Waals surface area contributed by atoms with Gasteiger partial charge in [0.25, 0.3) is 0 Å². The summed E-state index contributed by atoms with van der Waals surface area (Å²) in [5.74, 6) is 0.183. The Kier molecular flexibility index (Phi) is 5.98. The van der Waals surface area contributed by atoms with E-state index < -0.39 is 6.61 Å². The quantitative estimate of drug-likeness (QED) is 0.613. The zero-order valence-electron chi connectivity index (χ0n) is 17.3. The van der Waals surface area contributed by atoms with Crippen LogP contribution in [0, 0.1) is 11.3 Å². The first-order chi connectivity index (χ1) is 15.0. The van der Waals surface area contributed by atoms with Crippen LogP contribution in [-0.4, -0.2) is 33.9 Å². The van der Waals surface area contributed by atoms with Gasteiger partial charge in [0.15, 0.2) is 0 Å². The number of aromatic nitrogens is 2. The van der Waals surface area contributed by atoms with E-state index in [1.807, 2.05) is 38.1 Å². The summed E-state index contributed by atoms with van der Waals surface area (Å²) >= 11 is 1.46. The Bertz CT molecular complexity index is 1170. The molecule has 1 aliphatic rings. The predicted octanol–water partition coefficient (Wildman–Crippen LogP) is 3.63. The van der Waals surface area contributed by atoms with Gasteiger partial charge in [-0.2, -0.15) is 5.26 Å². The Morgan fingerprint density at radius 2 is 2.13 bits per heavy atom. The molecule has 1 aliphatic carbocycles. The van der Waals surface area contributed by atoms with E-state index in [1.54, 1.807) is 12.1 Å². The van der Waals surface area contributed by atoms with Gasteiger partial charge in [0.1, 0.15) is 28.4 Å². The van der Waals surface area contributed by atoms with Crippen LogP contribution in [0.5, 0.6) is 5.75 Å². The molecule has 1 heterocycles. The largest absolute Gasteiger partial charge is 0.490 e. The maximum absolute atomic E-state index is 11.6. The molecule has 0 saturated heterocycles. The number of nitriles is 1. The number of nitrogens with one attached hydrogen (secondary N) is 1. The molecule has 0 unspecified atom stereocenters. The first-order valence-corrected chi connectivity index (χ1v) is 10.9. The maximum Gasteiger partial charge on any atom is 0.246 e. The highest BCUT2D eigenvalue weighted by Gasteiger charge is 2.27. The van der Waals surface area contributed by atoms with Crippen molar-refractivity contribution >= 4 is 17.2 Å². The third kappa shape index (κ3) is 4.29. The molecular weight excluding hydrogens is 412 g/mol. The highest BCUT2D eigenvalue weighted by Crippen LogP contribution is 2.40. The molecule has 4 rings (SSSR count). The normalized spacial score (nSPS) is 14.9. The standard InChI is InChI=1S/C23H22N4O3S/c1-13(2)30-20-9-6-14(10-15(20)11-24)22-26-27-23(31-22)18-5-3-4-17-16(18)7-8-19(17)25-21(29)12-28/h3-6,9-10,13,19,28H,7-8,12H2,1-2H3,(H,25,29)/t19-/m1/s1. The lowest BCUT2D eigenvalue weighted by atomic mass is 10.0. The van der Waals surface area contributed by atoms with E-state index in [2.05, 4.69) is 21.6 Å². The fourth-order valence-corrected chi connectivity index (χ4v) is 4.69. The molecule has 1 aromatic heterocycles. The summed E-state index contributed by atoms with van der Waals surface area (Å²) < 4.78 is 5.70. The monoisotopic (exact) mass is 434 g/mol. The number of hydrogen-bond acceptors (Lipinski definition) is 7. The van der Waals surface area contributed by atoms with Crippen LogP contribution in [0.15, 0.2) is 36.4 Å². The van der Waals surface area contributed by atoms with Crippen LogP contribution in [0.4, 0.5) is 0 Å². The van der Waals surface area contributed by atoms with Gasteiger partial charge < -0.3 is 15.2 Å². The lowest BCUT2D eigenvalue weighted by molar-refractivity contribution is -0.124. The average molecular weight is 435 g/mol. The van der Waals surface area contributed by atoms with Crippen molar-refractivity contribution < 1.29 is 14.6 Å². The highest BCUT2D eigenvalue weighted by atomic mass is 32.1. The second kappa shape index (κ2) is 8.84. The molecule has 31 heavy (non-hydrogen) atoms. The molecule has 0 bridgehead atoms. The minimum absolute atomic E-state index is 0.0164. The van der Waals surface area contributed by atoms with Gasteiger partial charge >= 0.3 is 0 Å². The summed E-state index contributed by atoms with van der Waals surface area (Å²) in [6.07, 6.45) is 1.58. The summed E-state index contributed by atoms with van der Waals surface area (Å²) in [5, 5.41) is 31.6.